The monoisotopic (exact) mass is 404 g/mol. The van der Waals surface area contributed by atoms with E-state index in [-0.39, 0.29) is 0 Å². The SMILES string of the molecule is CN(Cc1ccccc1C=NNc1nc(-c2ccccc2)cs1)C1CCCCC1. The van der Waals surface area contributed by atoms with Gasteiger partial charge in [0, 0.05) is 23.5 Å². The van der Waals surface area contributed by atoms with Gasteiger partial charge in [-0.3, -0.25) is 10.3 Å². The minimum Gasteiger partial charge on any atom is -0.299 e. The van der Waals surface area contributed by atoms with Crippen molar-refractivity contribution in [2.24, 2.45) is 5.10 Å². The van der Waals surface area contributed by atoms with Crippen LogP contribution in [0, 0.1) is 0 Å². The Bertz CT molecular complexity index is 929. The van der Waals surface area contributed by atoms with Crippen molar-refractivity contribution in [2.75, 3.05) is 12.5 Å². The Kier molecular flexibility index (Phi) is 6.70. The van der Waals surface area contributed by atoms with Crippen LogP contribution in [0.3, 0.4) is 0 Å². The molecular weight excluding hydrogens is 376 g/mol. The molecule has 1 heterocycles. The van der Waals surface area contributed by atoms with Crippen molar-refractivity contribution < 1.29 is 0 Å². The third-order valence-corrected chi connectivity index (χ3v) is 6.36. The van der Waals surface area contributed by atoms with Gasteiger partial charge in [-0.15, -0.1) is 11.3 Å². The number of hydrazone groups is 1. The fourth-order valence-electron chi connectivity index (χ4n) is 3.95. The van der Waals surface area contributed by atoms with Gasteiger partial charge in [0.15, 0.2) is 0 Å². The number of nitrogens with zero attached hydrogens (tertiary/aromatic N) is 3. The van der Waals surface area contributed by atoms with Crippen LogP contribution in [-0.4, -0.2) is 29.2 Å². The predicted molar refractivity (Wildman–Crippen MR) is 124 cm³/mol. The zero-order valence-electron chi connectivity index (χ0n) is 16.9. The number of aromatic nitrogens is 1. The second-order valence-electron chi connectivity index (χ2n) is 7.68. The Morgan fingerprint density at radius 2 is 1.83 bits per heavy atom. The van der Waals surface area contributed by atoms with Gasteiger partial charge in [0.25, 0.3) is 0 Å². The number of anilines is 1. The molecule has 0 bridgehead atoms. The quantitative estimate of drug-likeness (QED) is 0.387. The molecule has 1 N–H and O–H groups in total. The second-order valence-corrected chi connectivity index (χ2v) is 8.54. The van der Waals surface area contributed by atoms with E-state index in [4.69, 9.17) is 0 Å². The number of hydrogen-bond donors (Lipinski definition) is 1. The molecule has 0 atom stereocenters. The first kappa shape index (κ1) is 19.8. The van der Waals surface area contributed by atoms with Crippen molar-refractivity contribution in [2.45, 2.75) is 44.7 Å². The molecule has 1 aliphatic rings. The molecule has 0 spiro atoms. The highest BCUT2D eigenvalue weighted by Crippen LogP contribution is 2.25. The zero-order valence-corrected chi connectivity index (χ0v) is 17.7. The molecule has 1 aromatic heterocycles. The third-order valence-electron chi connectivity index (χ3n) is 5.61. The molecule has 3 aromatic rings. The molecule has 1 saturated carbocycles. The number of nitrogens with one attached hydrogen (secondary N) is 1. The summed E-state index contributed by atoms with van der Waals surface area (Å²) in [6.45, 7) is 0.961. The maximum Gasteiger partial charge on any atom is 0.203 e. The molecule has 0 radical (unpaired) electrons. The van der Waals surface area contributed by atoms with Gasteiger partial charge >= 0.3 is 0 Å². The molecular formula is C24H28N4S. The van der Waals surface area contributed by atoms with E-state index < -0.39 is 0 Å². The molecule has 4 rings (SSSR count). The lowest BCUT2D eigenvalue weighted by Gasteiger charge is -2.31. The summed E-state index contributed by atoms with van der Waals surface area (Å²) in [6.07, 6.45) is 8.67. The normalized spacial score (nSPS) is 15.2. The minimum atomic E-state index is 0.707. The van der Waals surface area contributed by atoms with E-state index in [0.29, 0.717) is 6.04 Å². The first-order valence-corrected chi connectivity index (χ1v) is 11.3. The van der Waals surface area contributed by atoms with Crippen LogP contribution >= 0.6 is 11.3 Å². The molecule has 1 aliphatic carbocycles. The van der Waals surface area contributed by atoms with Crippen molar-refractivity contribution >= 4 is 22.7 Å². The number of benzene rings is 2. The Hall–Kier alpha value is -2.50. The Balaban J connectivity index is 1.39. The Labute approximate surface area is 177 Å². The van der Waals surface area contributed by atoms with Gasteiger partial charge in [0.2, 0.25) is 5.13 Å². The molecule has 0 aliphatic heterocycles. The summed E-state index contributed by atoms with van der Waals surface area (Å²) in [6, 6.07) is 19.4. The standard InChI is InChI=1S/C24H28N4S/c1-28(22-14-6-3-7-15-22)17-21-13-9-8-12-20(21)16-25-27-24-26-23(18-29-24)19-10-4-2-5-11-19/h2,4-5,8-13,16,18,22H,3,6-7,14-15,17H2,1H3,(H,26,27). The van der Waals surface area contributed by atoms with Crippen molar-refractivity contribution in [1.82, 2.24) is 9.88 Å². The van der Waals surface area contributed by atoms with Gasteiger partial charge in [-0.2, -0.15) is 5.10 Å². The van der Waals surface area contributed by atoms with E-state index in [1.807, 2.05) is 24.4 Å². The van der Waals surface area contributed by atoms with Gasteiger partial charge in [-0.05, 0) is 31.0 Å². The van der Waals surface area contributed by atoms with Gasteiger partial charge in [0.1, 0.15) is 0 Å². The highest BCUT2D eigenvalue weighted by atomic mass is 32.1. The van der Waals surface area contributed by atoms with E-state index >= 15 is 0 Å². The molecule has 2 aromatic carbocycles. The van der Waals surface area contributed by atoms with Crippen LogP contribution in [0.2, 0.25) is 0 Å². The average Bonchev–Trinajstić information content (AvgIpc) is 3.25. The van der Waals surface area contributed by atoms with E-state index in [2.05, 4.69) is 69.2 Å². The fraction of sp³-hybridized carbons (Fsp3) is 0.333. The van der Waals surface area contributed by atoms with Gasteiger partial charge in [0.05, 0.1) is 11.9 Å². The van der Waals surface area contributed by atoms with Crippen LogP contribution in [0.5, 0.6) is 0 Å². The van der Waals surface area contributed by atoms with E-state index in [1.165, 1.54) is 37.7 Å². The first-order chi connectivity index (χ1) is 14.3. The highest BCUT2D eigenvalue weighted by molar-refractivity contribution is 7.14. The number of rotatable bonds is 7. The Morgan fingerprint density at radius 1 is 1.07 bits per heavy atom. The lowest BCUT2D eigenvalue weighted by Crippen LogP contribution is -2.33. The van der Waals surface area contributed by atoms with Crippen LogP contribution < -0.4 is 5.43 Å². The van der Waals surface area contributed by atoms with Crippen molar-refractivity contribution in [3.05, 3.63) is 71.1 Å². The van der Waals surface area contributed by atoms with E-state index in [0.717, 1.165) is 28.5 Å². The van der Waals surface area contributed by atoms with Crippen molar-refractivity contribution in [3.63, 3.8) is 0 Å². The molecule has 1 fully saturated rings. The lowest BCUT2D eigenvalue weighted by molar-refractivity contribution is 0.184. The topological polar surface area (TPSA) is 40.5 Å². The fourth-order valence-corrected chi connectivity index (χ4v) is 4.62. The molecule has 29 heavy (non-hydrogen) atoms. The highest BCUT2D eigenvalue weighted by Gasteiger charge is 2.18. The van der Waals surface area contributed by atoms with E-state index in [1.54, 1.807) is 11.3 Å². The summed E-state index contributed by atoms with van der Waals surface area (Å²) in [4.78, 5) is 7.14. The van der Waals surface area contributed by atoms with Gasteiger partial charge in [-0.1, -0.05) is 73.9 Å². The molecule has 150 valence electrons. The maximum atomic E-state index is 4.63. The maximum absolute atomic E-state index is 4.63. The largest absolute Gasteiger partial charge is 0.299 e. The third kappa shape index (κ3) is 5.31. The van der Waals surface area contributed by atoms with E-state index in [9.17, 15) is 0 Å². The predicted octanol–water partition coefficient (Wildman–Crippen LogP) is 6.02. The summed E-state index contributed by atoms with van der Waals surface area (Å²) < 4.78 is 0. The van der Waals surface area contributed by atoms with Crippen LogP contribution in [0.15, 0.2) is 65.1 Å². The van der Waals surface area contributed by atoms with Gasteiger partial charge < -0.3 is 0 Å². The smallest absolute Gasteiger partial charge is 0.203 e. The summed E-state index contributed by atoms with van der Waals surface area (Å²) in [7, 11) is 2.25. The number of hydrogen-bond acceptors (Lipinski definition) is 5. The molecule has 0 saturated heterocycles. The summed E-state index contributed by atoms with van der Waals surface area (Å²) in [5.41, 5.74) is 7.66. The van der Waals surface area contributed by atoms with Crippen LogP contribution in [0.25, 0.3) is 11.3 Å². The van der Waals surface area contributed by atoms with Crippen molar-refractivity contribution in [3.8, 4) is 11.3 Å². The second kappa shape index (κ2) is 9.81. The van der Waals surface area contributed by atoms with Crippen molar-refractivity contribution in [1.29, 1.82) is 0 Å². The zero-order chi connectivity index (χ0) is 19.9. The van der Waals surface area contributed by atoms with Crippen LogP contribution in [-0.2, 0) is 6.54 Å². The van der Waals surface area contributed by atoms with Crippen LogP contribution in [0.1, 0.15) is 43.2 Å². The van der Waals surface area contributed by atoms with Crippen LogP contribution in [0.4, 0.5) is 5.13 Å². The Morgan fingerprint density at radius 3 is 2.66 bits per heavy atom. The molecule has 5 heteroatoms. The average molecular weight is 405 g/mol. The summed E-state index contributed by atoms with van der Waals surface area (Å²) in [5, 5.41) is 7.31. The molecule has 0 amide bonds. The minimum absolute atomic E-state index is 0.707. The molecule has 4 nitrogen and oxygen atoms in total. The molecule has 0 unspecified atom stereocenters. The van der Waals surface area contributed by atoms with Gasteiger partial charge in [-0.25, -0.2) is 4.98 Å². The first-order valence-electron chi connectivity index (χ1n) is 10.4. The lowest BCUT2D eigenvalue weighted by atomic mass is 9.94. The summed E-state index contributed by atoms with van der Waals surface area (Å²) >= 11 is 1.57. The number of thiazole rings is 1. The summed E-state index contributed by atoms with van der Waals surface area (Å²) in [5.74, 6) is 0.